The Hall–Kier alpha value is -3.61. The smallest absolute Gasteiger partial charge is 0.258 e. The maximum atomic E-state index is 12.9. The minimum absolute atomic E-state index is 0.161. The predicted molar refractivity (Wildman–Crippen MR) is 117 cm³/mol. The summed E-state index contributed by atoms with van der Waals surface area (Å²) in [5.41, 5.74) is 2.95. The number of methoxy groups -OCH3 is 1. The molecule has 0 bridgehead atoms. The summed E-state index contributed by atoms with van der Waals surface area (Å²) in [5.74, 6) is 2.31. The van der Waals surface area contributed by atoms with Crippen molar-refractivity contribution in [3.05, 3.63) is 66.1 Å². The molecule has 1 amide bonds. The van der Waals surface area contributed by atoms with Crippen LogP contribution in [-0.2, 0) is 11.2 Å². The van der Waals surface area contributed by atoms with E-state index in [0.717, 1.165) is 40.6 Å². The highest BCUT2D eigenvalue weighted by Crippen LogP contribution is 2.29. The number of para-hydroxylation sites is 1. The Labute approximate surface area is 180 Å². The van der Waals surface area contributed by atoms with Gasteiger partial charge in [0.2, 0.25) is 5.91 Å². The number of aromatic nitrogens is 3. The number of ether oxygens (including phenoxy) is 1. The summed E-state index contributed by atoms with van der Waals surface area (Å²) in [6.45, 7) is 1.41. The molecule has 2 aromatic heterocycles. The first-order valence-corrected chi connectivity index (χ1v) is 10.5. The largest absolute Gasteiger partial charge is 0.497 e. The molecule has 0 radical (unpaired) electrons. The molecule has 0 unspecified atom stereocenters. The normalized spacial score (nSPS) is 14.8. The zero-order chi connectivity index (χ0) is 21.2. The summed E-state index contributed by atoms with van der Waals surface area (Å²) < 4.78 is 10.8. The van der Waals surface area contributed by atoms with Gasteiger partial charge in [0.25, 0.3) is 5.89 Å². The number of nitrogens with one attached hydrogen (secondary N) is 1. The van der Waals surface area contributed by atoms with Crippen LogP contribution in [0.4, 0.5) is 0 Å². The first kappa shape index (κ1) is 19.4. The monoisotopic (exact) mass is 416 g/mol. The van der Waals surface area contributed by atoms with Gasteiger partial charge in [0.05, 0.1) is 13.5 Å². The quantitative estimate of drug-likeness (QED) is 0.528. The summed E-state index contributed by atoms with van der Waals surface area (Å²) >= 11 is 0. The van der Waals surface area contributed by atoms with Crippen LogP contribution in [0.1, 0.15) is 30.1 Å². The number of fused-ring (bicyclic) bond motifs is 1. The van der Waals surface area contributed by atoms with Crippen LogP contribution in [0.5, 0.6) is 5.75 Å². The van der Waals surface area contributed by atoms with E-state index < -0.39 is 0 Å². The molecule has 1 saturated heterocycles. The van der Waals surface area contributed by atoms with Gasteiger partial charge >= 0.3 is 0 Å². The predicted octanol–water partition coefficient (Wildman–Crippen LogP) is 4.18. The molecule has 0 aliphatic carbocycles. The summed E-state index contributed by atoms with van der Waals surface area (Å²) in [6.07, 6.45) is 4.01. The lowest BCUT2D eigenvalue weighted by Gasteiger charge is -2.30. The third kappa shape index (κ3) is 3.91. The molecule has 1 fully saturated rings. The Balaban J connectivity index is 1.21. The van der Waals surface area contributed by atoms with Gasteiger partial charge < -0.3 is 19.1 Å². The highest BCUT2D eigenvalue weighted by Gasteiger charge is 2.27. The second-order valence-corrected chi connectivity index (χ2v) is 7.88. The summed E-state index contributed by atoms with van der Waals surface area (Å²) in [7, 11) is 1.63. The average molecular weight is 416 g/mol. The number of H-pyrrole nitrogens is 1. The number of benzene rings is 2. The molecule has 1 aliphatic rings. The molecule has 7 heteroatoms. The lowest BCUT2D eigenvalue weighted by atomic mass is 9.95. The van der Waals surface area contributed by atoms with E-state index >= 15 is 0 Å². The Morgan fingerprint density at radius 1 is 1.19 bits per heavy atom. The summed E-state index contributed by atoms with van der Waals surface area (Å²) in [4.78, 5) is 22.6. The summed E-state index contributed by atoms with van der Waals surface area (Å²) in [5, 5.41) is 5.32. The first-order chi connectivity index (χ1) is 15.2. The first-order valence-electron chi connectivity index (χ1n) is 10.5. The molecule has 2 aromatic carbocycles. The molecule has 5 rings (SSSR count). The van der Waals surface area contributed by atoms with Crippen molar-refractivity contribution >= 4 is 16.8 Å². The number of hydrogen-bond acceptors (Lipinski definition) is 5. The fourth-order valence-electron chi connectivity index (χ4n) is 4.21. The van der Waals surface area contributed by atoms with Crippen molar-refractivity contribution in [2.24, 2.45) is 0 Å². The van der Waals surface area contributed by atoms with Crippen LogP contribution in [0.2, 0.25) is 0 Å². The Morgan fingerprint density at radius 3 is 2.87 bits per heavy atom. The van der Waals surface area contributed by atoms with Crippen LogP contribution >= 0.6 is 0 Å². The van der Waals surface area contributed by atoms with E-state index in [1.165, 1.54) is 0 Å². The van der Waals surface area contributed by atoms with Crippen molar-refractivity contribution in [3.63, 3.8) is 0 Å². The van der Waals surface area contributed by atoms with E-state index in [2.05, 4.69) is 21.2 Å². The standard InChI is InChI=1S/C24H24N4O3/c1-30-19-6-4-5-17(13-19)24-26-23(27-31-24)16-9-11-28(12-10-16)22(29)14-18-15-25-21-8-3-2-7-20(18)21/h2-8,13,15-16,25H,9-12,14H2,1H3. The van der Waals surface area contributed by atoms with E-state index in [9.17, 15) is 4.79 Å². The minimum atomic E-state index is 0.161. The van der Waals surface area contributed by atoms with Gasteiger partial charge in [0, 0.05) is 41.7 Å². The van der Waals surface area contributed by atoms with Crippen molar-refractivity contribution < 1.29 is 14.1 Å². The van der Waals surface area contributed by atoms with Crippen molar-refractivity contribution in [1.82, 2.24) is 20.0 Å². The van der Waals surface area contributed by atoms with Crippen LogP contribution < -0.4 is 4.74 Å². The number of piperidine rings is 1. The lowest BCUT2D eigenvalue weighted by molar-refractivity contribution is -0.131. The van der Waals surface area contributed by atoms with E-state index in [0.29, 0.717) is 31.2 Å². The third-order valence-corrected chi connectivity index (χ3v) is 5.99. The molecule has 31 heavy (non-hydrogen) atoms. The van der Waals surface area contributed by atoms with Crippen molar-refractivity contribution in [2.45, 2.75) is 25.2 Å². The fourth-order valence-corrected chi connectivity index (χ4v) is 4.21. The molecule has 4 aromatic rings. The fraction of sp³-hybridized carbons (Fsp3) is 0.292. The van der Waals surface area contributed by atoms with Crippen LogP contribution in [0.15, 0.2) is 59.3 Å². The molecule has 0 atom stereocenters. The second-order valence-electron chi connectivity index (χ2n) is 7.88. The van der Waals surface area contributed by atoms with Crippen LogP contribution in [0.25, 0.3) is 22.4 Å². The molecule has 7 nitrogen and oxygen atoms in total. The van der Waals surface area contributed by atoms with Gasteiger partial charge in [0.1, 0.15) is 5.75 Å². The topological polar surface area (TPSA) is 84.2 Å². The molecule has 3 heterocycles. The van der Waals surface area contributed by atoms with Crippen LogP contribution in [0.3, 0.4) is 0 Å². The van der Waals surface area contributed by atoms with Gasteiger partial charge in [-0.15, -0.1) is 0 Å². The van der Waals surface area contributed by atoms with Gasteiger partial charge in [-0.1, -0.05) is 29.4 Å². The zero-order valence-corrected chi connectivity index (χ0v) is 17.4. The Bertz CT molecular complexity index is 1200. The van der Waals surface area contributed by atoms with Crippen molar-refractivity contribution in [3.8, 4) is 17.2 Å². The van der Waals surface area contributed by atoms with Crippen LogP contribution in [-0.4, -0.2) is 46.1 Å². The highest BCUT2D eigenvalue weighted by molar-refractivity contribution is 5.88. The number of rotatable bonds is 5. The molecule has 1 N–H and O–H groups in total. The number of amides is 1. The van der Waals surface area contributed by atoms with Gasteiger partial charge in [-0.2, -0.15) is 4.98 Å². The lowest BCUT2D eigenvalue weighted by Crippen LogP contribution is -2.38. The SMILES string of the molecule is COc1cccc(-c2nc(C3CCN(C(=O)Cc4c[nH]c5ccccc45)CC3)no2)c1. The molecular weight excluding hydrogens is 392 g/mol. The van der Waals surface area contributed by atoms with Gasteiger partial charge in [-0.3, -0.25) is 4.79 Å². The van der Waals surface area contributed by atoms with Gasteiger partial charge in [0.15, 0.2) is 5.82 Å². The van der Waals surface area contributed by atoms with Gasteiger partial charge in [-0.05, 0) is 42.7 Å². The number of carbonyl (C=O) groups is 1. The van der Waals surface area contributed by atoms with E-state index in [1.54, 1.807) is 7.11 Å². The molecule has 158 valence electrons. The maximum absolute atomic E-state index is 12.9. The number of nitrogens with zero attached hydrogens (tertiary/aromatic N) is 3. The van der Waals surface area contributed by atoms with Crippen LogP contribution in [0, 0.1) is 0 Å². The number of carbonyl (C=O) groups excluding carboxylic acids is 1. The average Bonchev–Trinajstić information content (AvgIpc) is 3.47. The minimum Gasteiger partial charge on any atom is -0.497 e. The molecule has 0 saturated carbocycles. The Morgan fingerprint density at radius 2 is 2.03 bits per heavy atom. The van der Waals surface area contributed by atoms with Crippen molar-refractivity contribution in [2.75, 3.05) is 20.2 Å². The third-order valence-electron chi connectivity index (χ3n) is 5.99. The summed E-state index contributed by atoms with van der Waals surface area (Å²) in [6, 6.07) is 15.7. The van der Waals surface area contributed by atoms with E-state index in [4.69, 9.17) is 9.26 Å². The maximum Gasteiger partial charge on any atom is 0.258 e. The van der Waals surface area contributed by atoms with E-state index in [1.807, 2.05) is 53.6 Å². The Kier molecular flexibility index (Phi) is 5.16. The number of hydrogen-bond donors (Lipinski definition) is 1. The van der Waals surface area contributed by atoms with Gasteiger partial charge in [-0.25, -0.2) is 0 Å². The van der Waals surface area contributed by atoms with E-state index in [-0.39, 0.29) is 11.8 Å². The number of aromatic amines is 1. The molecule has 0 spiro atoms. The highest BCUT2D eigenvalue weighted by atomic mass is 16.5. The number of likely N-dealkylation sites (tertiary alicyclic amines) is 1. The molecule has 1 aliphatic heterocycles. The van der Waals surface area contributed by atoms with Crippen molar-refractivity contribution in [1.29, 1.82) is 0 Å². The molecular formula is C24H24N4O3. The zero-order valence-electron chi connectivity index (χ0n) is 17.4. The second kappa shape index (κ2) is 8.26.